The molecule has 0 saturated heterocycles. The van der Waals surface area contributed by atoms with Crippen LogP contribution >= 0.6 is 17.4 Å². The lowest BCUT2D eigenvalue weighted by atomic mass is 9.81. The summed E-state index contributed by atoms with van der Waals surface area (Å²) >= 11 is 0. The Morgan fingerprint density at radius 2 is 0.778 bits per heavy atom. The van der Waals surface area contributed by atoms with E-state index >= 15 is 0 Å². The molecule has 1 aliphatic rings. The molecule has 2 aromatic rings. The van der Waals surface area contributed by atoms with Gasteiger partial charge >= 0.3 is 17.4 Å². The van der Waals surface area contributed by atoms with Crippen LogP contribution in [0.4, 0.5) is 0 Å². The molecular formula is C12H10O4P2. The predicted molar refractivity (Wildman–Crippen MR) is 70.5 cm³/mol. The molecule has 1 aliphatic carbocycles. The molecule has 0 aliphatic heterocycles. The standard InChI is InChI=1S/C12H8.2HO2P/c1-2-6-10-9(5-1)11-7-3-4-8-12(10)11;2*1-3-2/h1-8H;2*(H,1,2). The zero-order valence-corrected chi connectivity index (χ0v) is 11.0. The molecule has 2 N–H and O–H groups in total. The molecule has 2 aromatic carbocycles. The molecule has 0 aromatic heterocycles. The Morgan fingerprint density at radius 3 is 0.944 bits per heavy atom. The number of benzene rings is 2. The van der Waals surface area contributed by atoms with Gasteiger partial charge in [-0.25, -0.2) is 9.13 Å². The Bertz CT molecular complexity index is 437. The van der Waals surface area contributed by atoms with Crippen LogP contribution in [-0.4, -0.2) is 9.79 Å². The third kappa shape index (κ3) is 3.28. The van der Waals surface area contributed by atoms with Crippen molar-refractivity contribution in [2.24, 2.45) is 0 Å². The van der Waals surface area contributed by atoms with E-state index in [1.165, 1.54) is 22.3 Å². The molecule has 0 bridgehead atoms. The Morgan fingerprint density at radius 1 is 0.611 bits per heavy atom. The number of hydrogen-bond donors (Lipinski definition) is 2. The minimum absolute atomic E-state index is 0.833. The van der Waals surface area contributed by atoms with E-state index in [1.807, 2.05) is 0 Å². The zero-order valence-electron chi connectivity index (χ0n) is 9.22. The maximum atomic E-state index is 8.46. The molecule has 0 radical (unpaired) electrons. The van der Waals surface area contributed by atoms with Crippen molar-refractivity contribution < 1.29 is 18.9 Å². The van der Waals surface area contributed by atoms with Crippen molar-refractivity contribution >= 4 is 17.4 Å². The molecule has 6 heteroatoms. The normalized spacial score (nSPS) is 9.89. The second kappa shape index (κ2) is 7.80. The first-order valence-electron chi connectivity index (χ1n) is 4.92. The van der Waals surface area contributed by atoms with E-state index in [2.05, 4.69) is 48.5 Å². The number of fused-ring (bicyclic) bond motifs is 4. The molecule has 0 saturated carbocycles. The van der Waals surface area contributed by atoms with Gasteiger partial charge in [0.1, 0.15) is 0 Å². The van der Waals surface area contributed by atoms with Gasteiger partial charge in [-0.05, 0) is 22.3 Å². The average Bonchev–Trinajstić information content (AvgIpc) is 2.38. The highest BCUT2D eigenvalue weighted by Gasteiger charge is 2.19. The highest BCUT2D eigenvalue weighted by atomic mass is 31.1. The van der Waals surface area contributed by atoms with Gasteiger partial charge in [0.05, 0.1) is 0 Å². The molecule has 0 unspecified atom stereocenters. The Balaban J connectivity index is 0.000000234. The van der Waals surface area contributed by atoms with E-state index in [9.17, 15) is 0 Å². The first kappa shape index (κ1) is 14.6. The van der Waals surface area contributed by atoms with Crippen molar-refractivity contribution in [3.8, 4) is 22.3 Å². The zero-order chi connectivity index (χ0) is 13.4. The smallest absolute Gasteiger partial charge is 0.310 e. The maximum absolute atomic E-state index is 8.46. The van der Waals surface area contributed by atoms with Crippen molar-refractivity contribution in [2.45, 2.75) is 0 Å². The summed E-state index contributed by atoms with van der Waals surface area (Å²) in [7, 11) is -1.67. The van der Waals surface area contributed by atoms with Crippen LogP contribution in [0.5, 0.6) is 0 Å². The van der Waals surface area contributed by atoms with Gasteiger partial charge in [-0.2, -0.15) is 0 Å². The van der Waals surface area contributed by atoms with Crippen LogP contribution in [0.2, 0.25) is 0 Å². The summed E-state index contributed by atoms with van der Waals surface area (Å²) in [4.78, 5) is 14.0. The summed E-state index contributed by atoms with van der Waals surface area (Å²) in [5.41, 5.74) is 5.59. The summed E-state index contributed by atoms with van der Waals surface area (Å²) in [5.74, 6) is 0. The second-order valence-corrected chi connectivity index (χ2v) is 3.58. The monoisotopic (exact) mass is 280 g/mol. The van der Waals surface area contributed by atoms with Crippen molar-refractivity contribution in [1.82, 2.24) is 0 Å². The van der Waals surface area contributed by atoms with Crippen molar-refractivity contribution in [3.63, 3.8) is 0 Å². The average molecular weight is 280 g/mol. The second-order valence-electron chi connectivity index (χ2n) is 3.25. The minimum atomic E-state index is -0.833. The fourth-order valence-corrected chi connectivity index (χ4v) is 1.84. The van der Waals surface area contributed by atoms with Gasteiger partial charge in [0.25, 0.3) is 0 Å². The maximum Gasteiger partial charge on any atom is 0.324 e. The lowest BCUT2D eigenvalue weighted by Gasteiger charge is -2.22. The lowest BCUT2D eigenvalue weighted by molar-refractivity contribution is 0.523. The topological polar surface area (TPSA) is 74.6 Å². The van der Waals surface area contributed by atoms with Crippen molar-refractivity contribution in [2.75, 3.05) is 0 Å². The van der Waals surface area contributed by atoms with Crippen LogP contribution in [0, 0.1) is 0 Å². The van der Waals surface area contributed by atoms with Crippen LogP contribution in [-0.2, 0) is 9.13 Å². The number of hydrogen-bond acceptors (Lipinski definition) is 2. The fourth-order valence-electron chi connectivity index (χ4n) is 1.84. The number of rotatable bonds is 0. The summed E-state index contributed by atoms with van der Waals surface area (Å²) in [6, 6.07) is 17.1. The highest BCUT2D eigenvalue weighted by molar-refractivity contribution is 7.16. The van der Waals surface area contributed by atoms with E-state index in [0.717, 1.165) is 0 Å². The quantitative estimate of drug-likeness (QED) is 0.615. The molecule has 18 heavy (non-hydrogen) atoms. The van der Waals surface area contributed by atoms with Gasteiger partial charge in [0.2, 0.25) is 0 Å². The van der Waals surface area contributed by atoms with E-state index in [0.29, 0.717) is 0 Å². The first-order chi connectivity index (χ1) is 8.79. The van der Waals surface area contributed by atoms with Gasteiger partial charge < -0.3 is 9.79 Å². The van der Waals surface area contributed by atoms with Gasteiger partial charge in [0, 0.05) is 0 Å². The summed E-state index contributed by atoms with van der Waals surface area (Å²) < 4.78 is 16.9. The predicted octanol–water partition coefficient (Wildman–Crippen LogP) is 3.70. The van der Waals surface area contributed by atoms with Gasteiger partial charge in [-0.3, -0.25) is 0 Å². The first-order valence-corrected chi connectivity index (χ1v) is 6.45. The highest BCUT2D eigenvalue weighted by Crippen LogP contribution is 2.46. The largest absolute Gasteiger partial charge is 0.324 e. The van der Waals surface area contributed by atoms with E-state index in [1.54, 1.807) is 0 Å². The molecule has 0 heterocycles. The fraction of sp³-hybridized carbons (Fsp3) is 0. The molecule has 3 rings (SSSR count). The van der Waals surface area contributed by atoms with Gasteiger partial charge in [0.15, 0.2) is 0 Å². The third-order valence-electron chi connectivity index (χ3n) is 2.43. The Labute approximate surface area is 107 Å². The summed E-state index contributed by atoms with van der Waals surface area (Å²) in [5, 5.41) is 0. The summed E-state index contributed by atoms with van der Waals surface area (Å²) in [6.45, 7) is 0. The molecule has 92 valence electrons. The lowest BCUT2D eigenvalue weighted by Crippen LogP contribution is -1.96. The van der Waals surface area contributed by atoms with Gasteiger partial charge in [-0.15, -0.1) is 0 Å². The SMILES string of the molecule is O=PO.O=PO.c1ccc2c(c1)-c1ccccc1-2. The van der Waals surface area contributed by atoms with Crippen molar-refractivity contribution in [3.05, 3.63) is 48.5 Å². The van der Waals surface area contributed by atoms with Crippen LogP contribution in [0.25, 0.3) is 22.3 Å². The molecule has 4 nitrogen and oxygen atoms in total. The third-order valence-corrected chi connectivity index (χ3v) is 2.43. The Kier molecular flexibility index (Phi) is 6.34. The minimum Gasteiger partial charge on any atom is -0.310 e. The molecule has 0 atom stereocenters. The Hall–Kier alpha value is -1.44. The van der Waals surface area contributed by atoms with Crippen LogP contribution in [0.15, 0.2) is 48.5 Å². The van der Waals surface area contributed by atoms with E-state index in [-0.39, 0.29) is 0 Å². The molecule has 0 fully saturated rings. The summed E-state index contributed by atoms with van der Waals surface area (Å²) in [6.07, 6.45) is 0. The van der Waals surface area contributed by atoms with E-state index in [4.69, 9.17) is 18.9 Å². The van der Waals surface area contributed by atoms with Crippen LogP contribution < -0.4 is 0 Å². The van der Waals surface area contributed by atoms with Crippen LogP contribution in [0.3, 0.4) is 0 Å². The van der Waals surface area contributed by atoms with Crippen molar-refractivity contribution in [1.29, 1.82) is 0 Å². The molecular weight excluding hydrogens is 270 g/mol. The van der Waals surface area contributed by atoms with Crippen LogP contribution in [0.1, 0.15) is 0 Å². The molecule has 0 amide bonds. The van der Waals surface area contributed by atoms with E-state index < -0.39 is 17.4 Å². The van der Waals surface area contributed by atoms with Gasteiger partial charge in [-0.1, -0.05) is 48.5 Å². The molecule has 0 spiro atoms.